The van der Waals surface area contributed by atoms with Crippen molar-refractivity contribution in [1.29, 1.82) is 0 Å². The van der Waals surface area contributed by atoms with Gasteiger partial charge in [0.1, 0.15) is 15.3 Å². The Balaban J connectivity index is 2.84. The van der Waals surface area contributed by atoms with E-state index in [9.17, 15) is 14.4 Å². The fourth-order valence-electron chi connectivity index (χ4n) is 1.49. The molecular weight excluding hydrogens is 377 g/mol. The third-order valence-electron chi connectivity index (χ3n) is 2.62. The molecule has 0 aliphatic rings. The number of carbonyl (C=O) groups excluding carboxylic acids is 3. The number of esters is 2. The summed E-state index contributed by atoms with van der Waals surface area (Å²) in [7, 11) is 2.40. The summed E-state index contributed by atoms with van der Waals surface area (Å²) < 4.78 is 9.24. The summed E-state index contributed by atoms with van der Waals surface area (Å²) in [6.07, 6.45) is -0.0359. The predicted octanol–water partition coefficient (Wildman–Crippen LogP) is 2.93. The molecular formula is C12H12Cl3NO5S. The summed E-state index contributed by atoms with van der Waals surface area (Å²) in [5.74, 6) is -1.84. The van der Waals surface area contributed by atoms with Gasteiger partial charge in [0.25, 0.3) is 5.91 Å². The van der Waals surface area contributed by atoms with Crippen LogP contribution in [0.3, 0.4) is 0 Å². The highest BCUT2D eigenvalue weighted by molar-refractivity contribution is 7.19. The second-order valence-corrected chi connectivity index (χ2v) is 6.38. The molecule has 0 fully saturated rings. The zero-order chi connectivity index (χ0) is 16.9. The van der Waals surface area contributed by atoms with Crippen LogP contribution in [0.5, 0.6) is 0 Å². The molecule has 0 radical (unpaired) electrons. The van der Waals surface area contributed by atoms with Crippen molar-refractivity contribution >= 4 is 64.0 Å². The Morgan fingerprint density at radius 3 is 2.23 bits per heavy atom. The molecule has 10 heteroatoms. The molecule has 1 aromatic heterocycles. The maximum atomic E-state index is 12.1. The summed E-state index contributed by atoms with van der Waals surface area (Å²) in [6.45, 7) is 0. The quantitative estimate of drug-likeness (QED) is 0.758. The lowest BCUT2D eigenvalue weighted by Gasteiger charge is -2.15. The second-order valence-electron chi connectivity index (χ2n) is 4.00. The number of hydrogen-bond donors (Lipinski definition) is 1. The number of amides is 1. The summed E-state index contributed by atoms with van der Waals surface area (Å²) >= 11 is 18.4. The largest absolute Gasteiger partial charge is 0.469 e. The van der Waals surface area contributed by atoms with E-state index in [1.54, 1.807) is 0 Å². The van der Waals surface area contributed by atoms with Crippen molar-refractivity contribution in [1.82, 2.24) is 5.32 Å². The number of methoxy groups -OCH3 is 2. The normalized spacial score (nSPS) is 11.7. The Morgan fingerprint density at radius 2 is 1.77 bits per heavy atom. The van der Waals surface area contributed by atoms with Crippen molar-refractivity contribution < 1.29 is 23.9 Å². The van der Waals surface area contributed by atoms with E-state index in [0.717, 1.165) is 11.3 Å². The van der Waals surface area contributed by atoms with Crippen LogP contribution in [0, 0.1) is 0 Å². The van der Waals surface area contributed by atoms with Crippen molar-refractivity contribution in [2.24, 2.45) is 0 Å². The molecule has 0 spiro atoms. The minimum Gasteiger partial charge on any atom is -0.469 e. The van der Waals surface area contributed by atoms with Crippen LogP contribution in [0.4, 0.5) is 0 Å². The Hall–Kier alpha value is -1.02. The minimum absolute atomic E-state index is 0.00532. The third-order valence-corrected chi connectivity index (χ3v) is 5.19. The number of rotatable bonds is 6. The predicted molar refractivity (Wildman–Crippen MR) is 83.9 cm³/mol. The van der Waals surface area contributed by atoms with Gasteiger partial charge in [-0.25, -0.2) is 4.79 Å². The van der Waals surface area contributed by atoms with E-state index in [0.29, 0.717) is 0 Å². The van der Waals surface area contributed by atoms with Crippen LogP contribution in [0.15, 0.2) is 0 Å². The number of hydrogen-bond acceptors (Lipinski definition) is 6. The molecule has 0 aliphatic heterocycles. The van der Waals surface area contributed by atoms with E-state index in [1.807, 2.05) is 0 Å². The first-order valence-electron chi connectivity index (χ1n) is 5.90. The molecule has 1 amide bonds. The van der Waals surface area contributed by atoms with Gasteiger partial charge < -0.3 is 14.8 Å². The van der Waals surface area contributed by atoms with Crippen molar-refractivity contribution in [2.45, 2.75) is 18.9 Å². The van der Waals surface area contributed by atoms with Crippen LogP contribution in [0.25, 0.3) is 0 Å². The molecule has 0 aliphatic carbocycles. The van der Waals surface area contributed by atoms with Gasteiger partial charge in [0, 0.05) is 6.42 Å². The SMILES string of the molecule is COC(=O)CC[C@H](NC(=O)c1sc(Cl)c(Cl)c1Cl)C(=O)OC. The highest BCUT2D eigenvalue weighted by Gasteiger charge is 2.26. The van der Waals surface area contributed by atoms with Crippen LogP contribution in [0.1, 0.15) is 22.5 Å². The van der Waals surface area contributed by atoms with Crippen molar-refractivity contribution in [3.8, 4) is 0 Å². The van der Waals surface area contributed by atoms with Gasteiger partial charge in [-0.2, -0.15) is 0 Å². The lowest BCUT2D eigenvalue weighted by atomic mass is 10.1. The van der Waals surface area contributed by atoms with E-state index in [1.165, 1.54) is 14.2 Å². The maximum absolute atomic E-state index is 12.1. The lowest BCUT2D eigenvalue weighted by Crippen LogP contribution is -2.41. The zero-order valence-corrected chi connectivity index (χ0v) is 14.7. The summed E-state index contributed by atoms with van der Waals surface area (Å²) in [5, 5.41) is 2.51. The fourth-order valence-corrected chi connectivity index (χ4v) is 3.20. The summed E-state index contributed by atoms with van der Waals surface area (Å²) in [5.41, 5.74) is 0. The average Bonchev–Trinajstić information content (AvgIpc) is 2.77. The van der Waals surface area contributed by atoms with Gasteiger partial charge in [0.05, 0.1) is 24.3 Å². The van der Waals surface area contributed by atoms with E-state index in [-0.39, 0.29) is 32.1 Å². The molecule has 0 saturated carbocycles. The number of ether oxygens (including phenoxy) is 2. The molecule has 1 heterocycles. The van der Waals surface area contributed by atoms with E-state index in [4.69, 9.17) is 34.8 Å². The van der Waals surface area contributed by atoms with Crippen LogP contribution >= 0.6 is 46.1 Å². The van der Waals surface area contributed by atoms with E-state index < -0.39 is 23.9 Å². The molecule has 0 bridgehead atoms. The van der Waals surface area contributed by atoms with Gasteiger partial charge in [0.15, 0.2) is 0 Å². The molecule has 0 unspecified atom stereocenters. The summed E-state index contributed by atoms with van der Waals surface area (Å²) in [6, 6.07) is -1.02. The van der Waals surface area contributed by atoms with Gasteiger partial charge in [0.2, 0.25) is 0 Å². The van der Waals surface area contributed by atoms with Gasteiger partial charge in [-0.15, -0.1) is 11.3 Å². The number of carbonyl (C=O) groups is 3. The molecule has 22 heavy (non-hydrogen) atoms. The highest BCUT2D eigenvalue weighted by atomic mass is 35.5. The molecule has 1 rings (SSSR count). The van der Waals surface area contributed by atoms with E-state index >= 15 is 0 Å². The smallest absolute Gasteiger partial charge is 0.328 e. The molecule has 1 N–H and O–H groups in total. The number of thiophene rings is 1. The molecule has 1 atom stereocenters. The third kappa shape index (κ3) is 4.74. The summed E-state index contributed by atoms with van der Waals surface area (Å²) in [4.78, 5) is 35.0. The molecule has 6 nitrogen and oxygen atoms in total. The zero-order valence-electron chi connectivity index (χ0n) is 11.6. The monoisotopic (exact) mass is 387 g/mol. The van der Waals surface area contributed by atoms with Crippen LogP contribution in [-0.2, 0) is 19.1 Å². The van der Waals surface area contributed by atoms with Crippen LogP contribution in [-0.4, -0.2) is 38.1 Å². The van der Waals surface area contributed by atoms with Crippen LogP contribution < -0.4 is 5.32 Å². The van der Waals surface area contributed by atoms with Gasteiger partial charge >= 0.3 is 11.9 Å². The van der Waals surface area contributed by atoms with E-state index in [2.05, 4.69) is 14.8 Å². The minimum atomic E-state index is -1.02. The van der Waals surface area contributed by atoms with Crippen molar-refractivity contribution in [3.05, 3.63) is 19.3 Å². The highest BCUT2D eigenvalue weighted by Crippen LogP contribution is 2.40. The average molecular weight is 389 g/mol. The molecule has 0 saturated heterocycles. The Bertz CT molecular complexity index is 590. The standard InChI is InChI=1S/C12H12Cl3NO5S/c1-20-6(17)4-3-5(12(19)21-2)16-11(18)9-7(13)8(14)10(15)22-9/h5H,3-4H2,1-2H3,(H,16,18)/t5-/m0/s1. The Labute approximate surface area is 145 Å². The maximum Gasteiger partial charge on any atom is 0.328 e. The Kier molecular flexibility index (Phi) is 7.41. The van der Waals surface area contributed by atoms with Gasteiger partial charge in [-0.1, -0.05) is 34.8 Å². The molecule has 122 valence electrons. The Morgan fingerprint density at radius 1 is 1.14 bits per heavy atom. The van der Waals surface area contributed by atoms with Crippen molar-refractivity contribution in [3.63, 3.8) is 0 Å². The molecule has 1 aromatic rings. The topological polar surface area (TPSA) is 81.7 Å². The van der Waals surface area contributed by atoms with Crippen LogP contribution in [0.2, 0.25) is 14.4 Å². The second kappa shape index (κ2) is 8.57. The number of halogens is 3. The van der Waals surface area contributed by atoms with Crippen molar-refractivity contribution in [2.75, 3.05) is 14.2 Å². The van der Waals surface area contributed by atoms with Gasteiger partial charge in [-0.05, 0) is 6.42 Å². The first-order valence-corrected chi connectivity index (χ1v) is 7.85. The first-order chi connectivity index (χ1) is 10.3. The van der Waals surface area contributed by atoms with Gasteiger partial charge in [-0.3, -0.25) is 9.59 Å². The molecule has 0 aromatic carbocycles. The number of nitrogens with one attached hydrogen (secondary N) is 1. The first kappa shape index (κ1) is 19.0. The lowest BCUT2D eigenvalue weighted by molar-refractivity contribution is -0.144. The fraction of sp³-hybridized carbons (Fsp3) is 0.417.